The van der Waals surface area contributed by atoms with Crippen LogP contribution in [0.25, 0.3) is 5.57 Å². The Hall–Kier alpha value is -5.50. The number of aliphatic hydroxyl groups excluding tert-OH is 1. The Balaban J connectivity index is 0.848. The summed E-state index contributed by atoms with van der Waals surface area (Å²) >= 11 is 0. The van der Waals surface area contributed by atoms with Crippen molar-refractivity contribution in [2.45, 2.75) is 102 Å². The first kappa shape index (κ1) is 48.4. The summed E-state index contributed by atoms with van der Waals surface area (Å²) in [6, 6.07) is 21.0. The minimum Gasteiger partial charge on any atom is -0.395 e. The number of likely N-dealkylation sites (tertiary alicyclic amines) is 1. The smallest absolute Gasteiger partial charge is 0.255 e. The van der Waals surface area contributed by atoms with E-state index in [1.54, 1.807) is 13.1 Å². The molecule has 1 atom stereocenters. The van der Waals surface area contributed by atoms with Gasteiger partial charge in [-0.25, -0.2) is 9.38 Å². The van der Waals surface area contributed by atoms with Crippen LogP contribution in [0.2, 0.25) is 0 Å². The highest BCUT2D eigenvalue weighted by molar-refractivity contribution is 6.23. The number of benzene rings is 3. The van der Waals surface area contributed by atoms with Crippen molar-refractivity contribution in [2.24, 2.45) is 4.99 Å². The van der Waals surface area contributed by atoms with Gasteiger partial charge in [0.1, 0.15) is 23.7 Å². The van der Waals surface area contributed by atoms with Gasteiger partial charge in [0.15, 0.2) is 0 Å². The summed E-state index contributed by atoms with van der Waals surface area (Å²) in [6.07, 6.45) is 14.5. The van der Waals surface area contributed by atoms with Crippen LogP contribution in [0.15, 0.2) is 89.4 Å². The molecule has 4 heterocycles. The second-order valence-electron chi connectivity index (χ2n) is 18.3. The lowest BCUT2D eigenvalue weighted by Crippen LogP contribution is -2.49. The Morgan fingerprint density at radius 3 is 2.33 bits per heavy atom. The topological polar surface area (TPSA) is 145 Å². The molecule has 0 aliphatic carbocycles. The van der Waals surface area contributed by atoms with Crippen LogP contribution < -0.4 is 10.6 Å². The molecule has 0 spiro atoms. The number of carbonyl (C=O) groups is 3. The van der Waals surface area contributed by atoms with E-state index in [2.05, 4.69) is 55.7 Å². The van der Waals surface area contributed by atoms with Crippen LogP contribution in [0.1, 0.15) is 122 Å². The Morgan fingerprint density at radius 2 is 1.64 bits per heavy atom. The first-order chi connectivity index (χ1) is 32.1. The predicted octanol–water partition coefficient (Wildman–Crippen LogP) is 7.28. The van der Waals surface area contributed by atoms with Crippen LogP contribution in [0.3, 0.4) is 0 Å². The van der Waals surface area contributed by atoms with Crippen LogP contribution in [0.5, 0.6) is 0 Å². The van der Waals surface area contributed by atoms with Crippen LogP contribution in [-0.4, -0.2) is 126 Å². The van der Waals surface area contributed by atoms with E-state index in [0.717, 1.165) is 124 Å². The number of nitrogens with zero attached hydrogens (tertiary/aromatic N) is 5. The minimum atomic E-state index is -0.722. The third-order valence-electron chi connectivity index (χ3n) is 13.8. The van der Waals surface area contributed by atoms with E-state index in [1.165, 1.54) is 48.6 Å². The van der Waals surface area contributed by atoms with E-state index in [9.17, 15) is 23.9 Å². The number of rotatable bonds is 22. The molecule has 352 valence electrons. The maximum Gasteiger partial charge on any atom is 0.255 e. The molecule has 2 saturated heterocycles. The summed E-state index contributed by atoms with van der Waals surface area (Å²) in [5, 5.41) is 24.4. The number of allylic oxidation sites excluding steroid dienone is 2. The van der Waals surface area contributed by atoms with Gasteiger partial charge in [0.05, 0.1) is 18.4 Å². The van der Waals surface area contributed by atoms with Crippen molar-refractivity contribution in [3.63, 3.8) is 0 Å². The van der Waals surface area contributed by atoms with Gasteiger partial charge in [-0.15, -0.1) is 0 Å². The Morgan fingerprint density at radius 1 is 0.924 bits per heavy atom. The molecule has 13 heteroatoms. The first-order valence-corrected chi connectivity index (χ1v) is 24.3. The lowest BCUT2D eigenvalue weighted by molar-refractivity contribution is -0.121. The van der Waals surface area contributed by atoms with Crippen LogP contribution in [0.4, 0.5) is 4.39 Å². The highest BCUT2D eigenvalue weighted by Gasteiger charge is 2.37. The molecule has 0 radical (unpaired) electrons. The highest BCUT2D eigenvalue weighted by atomic mass is 19.1. The summed E-state index contributed by atoms with van der Waals surface area (Å²) < 4.78 is 14.9. The maximum absolute atomic E-state index is 14.9. The summed E-state index contributed by atoms with van der Waals surface area (Å²) in [7, 11) is 1.55. The van der Waals surface area contributed by atoms with Gasteiger partial charge in [0, 0.05) is 81.2 Å². The standard InChI is InChI=1S/C53H69FN8O4/c1-38(55)51(41-16-10-8-11-17-41)52-57-48(35-49(58-52)61-28-26-60(27-29-61)30-31-63)42-18-13-15-39(32-42)14-9-6-4-3-5-7-12-23-59-24-21-40(22-25-59)45-33-43(54)34-46-47(45)36-62(53(46)66)44(37-64)19-20-50(65)56-2/h8,10-11,13,15-18,32-35,37,40,44,55,58,63H,3-7,9,12,14,19-31,36H2,1-2H3,(H,56,65)/b52-51+,55-38?. The molecular weight excluding hydrogens is 832 g/mol. The lowest BCUT2D eigenvalue weighted by atomic mass is 9.85. The van der Waals surface area contributed by atoms with E-state index >= 15 is 0 Å². The number of β-amino-alcohol motifs (C(OH)–C–C–N with tert-alkyl or cyclic N) is 1. The van der Waals surface area contributed by atoms with Gasteiger partial charge in [-0.05, 0) is 111 Å². The van der Waals surface area contributed by atoms with Crippen molar-refractivity contribution in [3.8, 4) is 0 Å². The third kappa shape index (κ3) is 12.5. The highest BCUT2D eigenvalue weighted by Crippen LogP contribution is 2.37. The number of unbranched alkanes of at least 4 members (excludes halogenated alkanes) is 6. The Labute approximate surface area is 390 Å². The number of fused-ring (bicyclic) bond motifs is 1. The predicted molar refractivity (Wildman–Crippen MR) is 260 cm³/mol. The van der Waals surface area contributed by atoms with Crippen molar-refractivity contribution < 1.29 is 23.9 Å². The van der Waals surface area contributed by atoms with Gasteiger partial charge >= 0.3 is 0 Å². The number of nitrogens with one attached hydrogen (secondary N) is 3. The molecule has 1 unspecified atom stereocenters. The second kappa shape index (κ2) is 23.8. The van der Waals surface area contributed by atoms with Crippen molar-refractivity contribution in [1.82, 2.24) is 30.2 Å². The van der Waals surface area contributed by atoms with E-state index in [-0.39, 0.29) is 43.7 Å². The van der Waals surface area contributed by atoms with Gasteiger partial charge in [0.25, 0.3) is 5.91 Å². The van der Waals surface area contributed by atoms with E-state index in [1.807, 2.05) is 37.3 Å². The first-order valence-electron chi connectivity index (χ1n) is 24.3. The molecule has 2 amide bonds. The number of piperazine rings is 1. The lowest BCUT2D eigenvalue weighted by Gasteiger charge is -2.38. The number of halogens is 1. The number of amides is 2. The zero-order chi connectivity index (χ0) is 46.4. The molecule has 4 N–H and O–H groups in total. The molecule has 0 aromatic heterocycles. The molecular formula is C53H69FN8O4. The Kier molecular flexibility index (Phi) is 17.5. The van der Waals surface area contributed by atoms with Crippen molar-refractivity contribution in [3.05, 3.63) is 124 Å². The molecule has 4 aliphatic rings. The van der Waals surface area contributed by atoms with Gasteiger partial charge < -0.3 is 40.6 Å². The quantitative estimate of drug-likeness (QED) is 0.0468. The van der Waals surface area contributed by atoms with Gasteiger partial charge in [0.2, 0.25) is 5.91 Å². The fourth-order valence-electron chi connectivity index (χ4n) is 10.1. The van der Waals surface area contributed by atoms with Crippen molar-refractivity contribution >= 4 is 35.1 Å². The molecule has 3 aromatic rings. The fourth-order valence-corrected chi connectivity index (χ4v) is 10.1. The second-order valence-corrected chi connectivity index (χ2v) is 18.3. The van der Waals surface area contributed by atoms with E-state index < -0.39 is 11.9 Å². The molecule has 12 nitrogen and oxygen atoms in total. The zero-order valence-corrected chi connectivity index (χ0v) is 39.0. The average molecular weight is 901 g/mol. The zero-order valence-electron chi connectivity index (χ0n) is 39.0. The van der Waals surface area contributed by atoms with Gasteiger partial charge in [-0.1, -0.05) is 80.6 Å². The van der Waals surface area contributed by atoms with Crippen LogP contribution in [0, 0.1) is 11.2 Å². The van der Waals surface area contributed by atoms with Gasteiger partial charge in [-0.2, -0.15) is 0 Å². The fraction of sp³-hybridized carbons (Fsp3) is 0.491. The number of hydrogen-bond acceptors (Lipinski definition) is 10. The number of aliphatic hydroxyl groups is 1. The van der Waals surface area contributed by atoms with Gasteiger partial charge in [-0.3, -0.25) is 14.5 Å². The van der Waals surface area contributed by atoms with Crippen LogP contribution >= 0.6 is 0 Å². The number of hydrogen-bond donors (Lipinski definition) is 4. The van der Waals surface area contributed by atoms with E-state index in [0.29, 0.717) is 23.6 Å². The van der Waals surface area contributed by atoms with Crippen molar-refractivity contribution in [2.75, 3.05) is 66.0 Å². The number of aliphatic imine (C=N–C) groups is 1. The average Bonchev–Trinajstić information content (AvgIpc) is 3.66. The van der Waals surface area contributed by atoms with Crippen molar-refractivity contribution in [1.29, 1.82) is 5.41 Å². The number of carbonyl (C=O) groups excluding carboxylic acids is 3. The number of aldehydes is 1. The molecule has 3 aromatic carbocycles. The number of piperidine rings is 1. The maximum atomic E-state index is 14.9. The summed E-state index contributed by atoms with van der Waals surface area (Å²) in [5.74, 6) is 0.912. The molecule has 2 fully saturated rings. The molecule has 4 aliphatic heterocycles. The summed E-state index contributed by atoms with van der Waals surface area (Å²) in [4.78, 5) is 50.9. The monoisotopic (exact) mass is 901 g/mol. The van der Waals surface area contributed by atoms with Crippen LogP contribution in [-0.2, 0) is 22.6 Å². The minimum absolute atomic E-state index is 0.143. The molecule has 0 saturated carbocycles. The molecule has 0 bridgehead atoms. The summed E-state index contributed by atoms with van der Waals surface area (Å²) in [5.41, 5.74) is 7.55. The largest absolute Gasteiger partial charge is 0.395 e. The summed E-state index contributed by atoms with van der Waals surface area (Å²) in [6.45, 7) is 9.33. The number of aryl methyl sites for hydroxylation is 1. The van der Waals surface area contributed by atoms with E-state index in [4.69, 9.17) is 10.4 Å². The molecule has 7 rings (SSSR count). The Bertz CT molecular complexity index is 2260. The molecule has 66 heavy (non-hydrogen) atoms. The SMILES string of the molecule is CNC(=O)CCC(C=O)N1Cc2c(cc(F)cc2C2CCN(CCCCCCCCCc3cccc(C4=N/C(=C(/C(C)=N)c5ccccc5)NC(N5CCN(CCO)CC5)=C4)c3)CC2)C1=O. The third-order valence-corrected chi connectivity index (χ3v) is 13.8. The normalized spacial score (nSPS) is 18.3.